The average molecular weight is 422 g/mol. The summed E-state index contributed by atoms with van der Waals surface area (Å²) in [5.41, 5.74) is 6.70. The molecule has 0 bridgehead atoms. The Morgan fingerprint density at radius 2 is 1.97 bits per heavy atom. The molecule has 0 unspecified atom stereocenters. The zero-order valence-electron chi connectivity index (χ0n) is 17.8. The Bertz CT molecular complexity index is 908. The van der Waals surface area contributed by atoms with Gasteiger partial charge in [0, 0.05) is 0 Å². The molecular weight excluding hydrogens is 390 g/mol. The Morgan fingerprint density at radius 3 is 2.59 bits per heavy atom. The fraction of sp³-hybridized carbons (Fsp3) is 0.632. The van der Waals surface area contributed by atoms with E-state index in [1.54, 1.807) is 4.57 Å². The van der Waals surface area contributed by atoms with Crippen molar-refractivity contribution in [3.05, 3.63) is 24.5 Å². The Labute approximate surface area is 171 Å². The summed E-state index contributed by atoms with van der Waals surface area (Å²) >= 11 is 0. The number of nitrogen functional groups attached to an aromatic ring is 1. The second-order valence-corrected chi connectivity index (χ2v) is 13.6. The van der Waals surface area contributed by atoms with Gasteiger partial charge in [0.1, 0.15) is 35.9 Å². The van der Waals surface area contributed by atoms with E-state index in [4.69, 9.17) is 14.9 Å². The number of nitrogens with zero attached hydrogens (tertiary/aromatic N) is 4. The highest BCUT2D eigenvalue weighted by Crippen LogP contribution is 2.41. The molecule has 1 aliphatic heterocycles. The van der Waals surface area contributed by atoms with Crippen LogP contribution in [0.1, 0.15) is 40.3 Å². The maximum absolute atomic E-state index is 10.8. The fourth-order valence-electron chi connectivity index (χ4n) is 3.05. The lowest BCUT2D eigenvalue weighted by molar-refractivity contribution is -0.0334. The number of aliphatic hydroxyl groups is 2. The van der Waals surface area contributed by atoms with Gasteiger partial charge in [-0.25, -0.2) is 15.0 Å². The molecule has 1 saturated heterocycles. The topological polar surface area (TPSA) is 129 Å². The third kappa shape index (κ3) is 3.89. The molecule has 2 aromatic heterocycles. The highest BCUT2D eigenvalue weighted by atomic mass is 28.4. The summed E-state index contributed by atoms with van der Waals surface area (Å²) in [4.78, 5) is 12.3. The molecule has 160 valence electrons. The minimum atomic E-state index is -2.16. The molecule has 3 rings (SSSR count). The van der Waals surface area contributed by atoms with Crippen LogP contribution in [0.25, 0.3) is 11.2 Å². The molecule has 0 aliphatic carbocycles. The summed E-state index contributed by atoms with van der Waals surface area (Å²) in [6.07, 6.45) is 1.43. The summed E-state index contributed by atoms with van der Waals surface area (Å²) < 4.78 is 14.1. The van der Waals surface area contributed by atoms with Crippen molar-refractivity contribution in [1.29, 1.82) is 0 Å². The van der Waals surface area contributed by atoms with Crippen LogP contribution < -0.4 is 5.73 Å². The van der Waals surface area contributed by atoms with Gasteiger partial charge in [0.05, 0.1) is 6.33 Å². The van der Waals surface area contributed by atoms with E-state index in [1.165, 1.54) is 12.7 Å². The number of aliphatic hydroxyl groups excluding tert-OH is 2. The van der Waals surface area contributed by atoms with Crippen molar-refractivity contribution >= 4 is 25.3 Å². The molecule has 0 radical (unpaired) electrons. The average Bonchev–Trinajstić information content (AvgIpc) is 3.17. The van der Waals surface area contributed by atoms with Crippen molar-refractivity contribution in [3.63, 3.8) is 0 Å². The highest BCUT2D eigenvalue weighted by Gasteiger charge is 2.49. The highest BCUT2D eigenvalue weighted by molar-refractivity contribution is 6.74. The first-order chi connectivity index (χ1) is 13.5. The van der Waals surface area contributed by atoms with Gasteiger partial charge in [0.15, 0.2) is 17.7 Å². The van der Waals surface area contributed by atoms with Gasteiger partial charge in [0.25, 0.3) is 0 Å². The lowest BCUT2D eigenvalue weighted by atomic mass is 10.1. The maximum atomic E-state index is 10.8. The zero-order chi connectivity index (χ0) is 21.6. The first-order valence-corrected chi connectivity index (χ1v) is 12.7. The monoisotopic (exact) mass is 421 g/mol. The zero-order valence-corrected chi connectivity index (χ0v) is 18.8. The molecular formula is C19H31N5O4Si. The number of aromatic nitrogens is 4. The Balaban J connectivity index is 1.93. The molecule has 0 saturated carbocycles. The molecule has 4 N–H and O–H groups in total. The maximum Gasteiger partial charge on any atom is 0.250 e. The van der Waals surface area contributed by atoms with Gasteiger partial charge in [-0.2, -0.15) is 0 Å². The van der Waals surface area contributed by atoms with Gasteiger partial charge in [0.2, 0.25) is 8.32 Å². The quantitative estimate of drug-likeness (QED) is 0.496. The van der Waals surface area contributed by atoms with Crippen molar-refractivity contribution in [1.82, 2.24) is 19.5 Å². The molecule has 0 aromatic carbocycles. The lowest BCUT2D eigenvalue weighted by Crippen LogP contribution is -2.43. The number of rotatable bonds is 5. The van der Waals surface area contributed by atoms with Crippen molar-refractivity contribution in [2.45, 2.75) is 76.8 Å². The number of ether oxygens (including phenoxy) is 1. The van der Waals surface area contributed by atoms with Crippen LogP contribution in [0.15, 0.2) is 24.5 Å². The summed E-state index contributed by atoms with van der Waals surface area (Å²) in [5, 5.41) is 21.5. The van der Waals surface area contributed by atoms with E-state index >= 15 is 0 Å². The van der Waals surface area contributed by atoms with E-state index in [0.29, 0.717) is 16.9 Å². The van der Waals surface area contributed by atoms with Crippen LogP contribution in [0.3, 0.4) is 0 Å². The van der Waals surface area contributed by atoms with Gasteiger partial charge in [-0.1, -0.05) is 27.7 Å². The van der Waals surface area contributed by atoms with Crippen molar-refractivity contribution in [2.24, 2.45) is 0 Å². The predicted octanol–water partition coefficient (Wildman–Crippen LogP) is 2.34. The first kappa shape index (κ1) is 21.7. The third-order valence-corrected chi connectivity index (χ3v) is 10.1. The number of fused-ring (bicyclic) bond motifs is 1. The number of imidazole rings is 1. The summed E-state index contributed by atoms with van der Waals surface area (Å²) in [6.45, 7) is 12.7. The summed E-state index contributed by atoms with van der Waals surface area (Å²) in [5.74, 6) is 0.804. The number of anilines is 1. The lowest BCUT2D eigenvalue weighted by Gasteiger charge is -2.38. The van der Waals surface area contributed by atoms with Gasteiger partial charge in [-0.3, -0.25) is 4.57 Å². The molecule has 9 nitrogen and oxygen atoms in total. The van der Waals surface area contributed by atoms with Crippen LogP contribution in [-0.4, -0.2) is 56.4 Å². The van der Waals surface area contributed by atoms with Crippen LogP contribution >= 0.6 is 0 Å². The van der Waals surface area contributed by atoms with E-state index in [-0.39, 0.29) is 10.9 Å². The Morgan fingerprint density at radius 1 is 1.28 bits per heavy atom. The summed E-state index contributed by atoms with van der Waals surface area (Å²) in [7, 11) is -2.16. The van der Waals surface area contributed by atoms with Crippen LogP contribution in [-0.2, 0) is 9.16 Å². The van der Waals surface area contributed by atoms with E-state index < -0.39 is 32.9 Å². The fourth-order valence-corrected chi connectivity index (χ4v) is 4.14. The predicted molar refractivity (Wildman–Crippen MR) is 112 cm³/mol. The molecule has 3 heterocycles. The SMILES string of the molecule is CCC=C(O[Si](C)(C)C(C)(C)C)[C@H]1O[C@@H](n2cnc3c(N)ncnc32)[C@H](O)[C@@H]1O. The van der Waals surface area contributed by atoms with Gasteiger partial charge >= 0.3 is 0 Å². The van der Waals surface area contributed by atoms with Crippen LogP contribution in [0.4, 0.5) is 5.82 Å². The third-order valence-electron chi connectivity index (χ3n) is 5.76. The van der Waals surface area contributed by atoms with Crippen molar-refractivity contribution in [2.75, 3.05) is 5.73 Å². The van der Waals surface area contributed by atoms with E-state index in [0.717, 1.165) is 6.42 Å². The Kier molecular flexibility index (Phi) is 5.74. The number of nitrogens with two attached hydrogens (primary N) is 1. The largest absolute Gasteiger partial charge is 0.545 e. The standard InChI is InChI=1S/C19H31N5O4Si/c1-7-8-11(28-29(5,6)19(2,3)4)15-13(25)14(26)18(27-15)24-10-23-12-16(20)21-9-22-17(12)24/h8-10,13-15,18,25-26H,7H2,1-6H3,(H2,20,21,22)/t13-,14+,15+,18+/m0/s1. The Hall–Kier alpha value is -2.01. The van der Waals surface area contributed by atoms with Crippen LogP contribution in [0.2, 0.25) is 18.1 Å². The molecule has 10 heteroatoms. The normalized spacial score (nSPS) is 26.3. The van der Waals surface area contributed by atoms with Crippen molar-refractivity contribution in [3.8, 4) is 0 Å². The van der Waals surface area contributed by atoms with Crippen LogP contribution in [0, 0.1) is 0 Å². The second-order valence-electron chi connectivity index (χ2n) is 8.89. The van der Waals surface area contributed by atoms with Gasteiger partial charge in [-0.15, -0.1) is 0 Å². The van der Waals surface area contributed by atoms with Gasteiger partial charge in [-0.05, 0) is 30.6 Å². The molecule has 1 aliphatic rings. The first-order valence-electron chi connectivity index (χ1n) is 9.81. The minimum Gasteiger partial charge on any atom is -0.545 e. The number of hydrogen-bond donors (Lipinski definition) is 3. The van der Waals surface area contributed by atoms with Crippen molar-refractivity contribution < 1.29 is 19.4 Å². The molecule has 1 fully saturated rings. The molecule has 29 heavy (non-hydrogen) atoms. The summed E-state index contributed by atoms with van der Waals surface area (Å²) in [6, 6.07) is 0. The smallest absolute Gasteiger partial charge is 0.250 e. The minimum absolute atomic E-state index is 0.0175. The van der Waals surface area contributed by atoms with E-state index in [2.05, 4.69) is 48.8 Å². The van der Waals surface area contributed by atoms with E-state index in [9.17, 15) is 10.2 Å². The van der Waals surface area contributed by atoms with Crippen LogP contribution in [0.5, 0.6) is 0 Å². The molecule has 0 spiro atoms. The molecule has 2 aromatic rings. The number of allylic oxidation sites excluding steroid dienone is 1. The number of hydrogen-bond acceptors (Lipinski definition) is 8. The molecule has 4 atom stereocenters. The van der Waals surface area contributed by atoms with E-state index in [1.807, 2.05) is 13.0 Å². The second kappa shape index (κ2) is 7.67. The molecule has 0 amide bonds. The van der Waals surface area contributed by atoms with Gasteiger partial charge < -0.3 is 25.1 Å².